The Morgan fingerprint density at radius 2 is 1.82 bits per heavy atom. The molecule has 0 atom stereocenters. The molecule has 1 aliphatic rings. The summed E-state index contributed by atoms with van der Waals surface area (Å²) < 4.78 is 22.0. The highest BCUT2D eigenvalue weighted by atomic mass is 32.2. The summed E-state index contributed by atoms with van der Waals surface area (Å²) in [4.78, 5) is 0.240. The summed E-state index contributed by atoms with van der Waals surface area (Å²) in [5.74, 6) is 0.0683. The number of allylic oxidation sites excluding steroid dienone is 2. The molecule has 0 spiro atoms. The maximum absolute atomic E-state index is 11.0. The van der Waals surface area contributed by atoms with Crippen molar-refractivity contribution in [1.82, 2.24) is 0 Å². The molecule has 0 bridgehead atoms. The fourth-order valence-electron chi connectivity index (χ4n) is 1.26. The average Bonchev–Trinajstić information content (AvgIpc) is 1.86. The van der Waals surface area contributed by atoms with Crippen molar-refractivity contribution < 1.29 is 13.5 Å². The smallest absolute Gasteiger partial charge is 0.174 e. The molecular formula is C7H12O3S. The topological polar surface area (TPSA) is 54.4 Å². The molecule has 64 valence electrons. The Balaban J connectivity index is 3.02. The Morgan fingerprint density at radius 1 is 1.27 bits per heavy atom. The first-order chi connectivity index (χ1) is 5.02. The van der Waals surface area contributed by atoms with Crippen molar-refractivity contribution in [1.29, 1.82) is 0 Å². The molecule has 0 aromatic carbocycles. The summed E-state index contributed by atoms with van der Waals surface area (Å²) in [5.41, 5.74) is 0. The molecule has 0 amide bonds. The molecule has 0 saturated heterocycles. The molecule has 0 aromatic heterocycles. The molecule has 0 radical (unpaired) electrons. The molecule has 0 fully saturated rings. The van der Waals surface area contributed by atoms with E-state index >= 15 is 0 Å². The number of aliphatic hydroxyl groups excluding tert-OH is 1. The van der Waals surface area contributed by atoms with Crippen molar-refractivity contribution in [2.24, 2.45) is 0 Å². The van der Waals surface area contributed by atoms with Crippen LogP contribution in [-0.4, -0.2) is 19.8 Å². The van der Waals surface area contributed by atoms with Gasteiger partial charge < -0.3 is 5.11 Å². The number of hydrogen-bond donors (Lipinski definition) is 1. The van der Waals surface area contributed by atoms with Crippen molar-refractivity contribution in [3.05, 3.63) is 10.7 Å². The van der Waals surface area contributed by atoms with Crippen LogP contribution in [0.5, 0.6) is 0 Å². The summed E-state index contributed by atoms with van der Waals surface area (Å²) in [6.07, 6.45) is 3.92. The minimum atomic E-state index is -3.15. The number of sulfone groups is 1. The lowest BCUT2D eigenvalue weighted by atomic mass is 10.1. The van der Waals surface area contributed by atoms with Crippen molar-refractivity contribution in [3.8, 4) is 0 Å². The van der Waals surface area contributed by atoms with Gasteiger partial charge in [0.1, 0.15) is 5.76 Å². The van der Waals surface area contributed by atoms with E-state index in [1.165, 1.54) is 0 Å². The lowest BCUT2D eigenvalue weighted by molar-refractivity contribution is 0.364. The van der Waals surface area contributed by atoms with Gasteiger partial charge in [-0.2, -0.15) is 0 Å². The molecular weight excluding hydrogens is 164 g/mol. The quantitative estimate of drug-likeness (QED) is 0.656. The van der Waals surface area contributed by atoms with Crippen LogP contribution in [0, 0.1) is 0 Å². The highest BCUT2D eigenvalue weighted by molar-refractivity contribution is 7.94. The fourth-order valence-corrected chi connectivity index (χ4v) is 2.31. The van der Waals surface area contributed by atoms with Crippen LogP contribution >= 0.6 is 0 Å². The zero-order chi connectivity index (χ0) is 8.48. The molecule has 0 aliphatic heterocycles. The molecule has 0 heterocycles. The van der Waals surface area contributed by atoms with E-state index in [-0.39, 0.29) is 10.7 Å². The minimum absolute atomic E-state index is 0.0683. The van der Waals surface area contributed by atoms with E-state index < -0.39 is 9.84 Å². The zero-order valence-electron chi connectivity index (χ0n) is 6.50. The van der Waals surface area contributed by atoms with Gasteiger partial charge in [0.25, 0.3) is 0 Å². The summed E-state index contributed by atoms with van der Waals surface area (Å²) in [7, 11) is -3.15. The normalized spacial score (nSPS) is 20.5. The first-order valence-electron chi connectivity index (χ1n) is 3.63. The number of rotatable bonds is 1. The second-order valence-electron chi connectivity index (χ2n) is 2.85. The van der Waals surface area contributed by atoms with Crippen molar-refractivity contribution >= 4 is 9.84 Å². The van der Waals surface area contributed by atoms with Crippen LogP contribution in [0.1, 0.15) is 25.7 Å². The van der Waals surface area contributed by atoms with E-state index in [9.17, 15) is 13.5 Å². The van der Waals surface area contributed by atoms with Gasteiger partial charge in [0.15, 0.2) is 9.84 Å². The molecule has 1 N–H and O–H groups in total. The highest BCUT2D eigenvalue weighted by Crippen LogP contribution is 2.25. The van der Waals surface area contributed by atoms with E-state index in [4.69, 9.17) is 0 Å². The van der Waals surface area contributed by atoms with Crippen LogP contribution in [0.25, 0.3) is 0 Å². The van der Waals surface area contributed by atoms with Gasteiger partial charge in [-0.3, -0.25) is 0 Å². The Kier molecular flexibility index (Phi) is 2.23. The zero-order valence-corrected chi connectivity index (χ0v) is 7.32. The van der Waals surface area contributed by atoms with Gasteiger partial charge >= 0.3 is 0 Å². The maximum Gasteiger partial charge on any atom is 0.174 e. The second kappa shape index (κ2) is 2.85. The lowest BCUT2D eigenvalue weighted by Gasteiger charge is -2.13. The molecule has 0 aromatic rings. The van der Waals surface area contributed by atoms with E-state index in [0.29, 0.717) is 12.8 Å². The van der Waals surface area contributed by atoms with Crippen molar-refractivity contribution in [2.45, 2.75) is 25.7 Å². The monoisotopic (exact) mass is 176 g/mol. The van der Waals surface area contributed by atoms with Crippen LogP contribution in [0.3, 0.4) is 0 Å². The fraction of sp³-hybridized carbons (Fsp3) is 0.714. The first-order valence-corrected chi connectivity index (χ1v) is 5.52. The van der Waals surface area contributed by atoms with E-state index in [1.54, 1.807) is 0 Å². The third-order valence-corrected chi connectivity index (χ3v) is 3.17. The molecule has 1 rings (SSSR count). The van der Waals surface area contributed by atoms with Gasteiger partial charge in [-0.15, -0.1) is 0 Å². The number of hydrogen-bond acceptors (Lipinski definition) is 3. The standard InChI is InChI=1S/C7H12O3S/c1-11(9,10)7-5-3-2-4-6(7)8/h8H,2-5H2,1H3. The Hall–Kier alpha value is -0.510. The van der Waals surface area contributed by atoms with E-state index in [0.717, 1.165) is 19.1 Å². The summed E-state index contributed by atoms with van der Waals surface area (Å²) in [6, 6.07) is 0. The van der Waals surface area contributed by atoms with Crippen LogP contribution in [0.4, 0.5) is 0 Å². The molecule has 11 heavy (non-hydrogen) atoms. The van der Waals surface area contributed by atoms with Gasteiger partial charge in [-0.25, -0.2) is 8.42 Å². The van der Waals surface area contributed by atoms with Crippen LogP contribution < -0.4 is 0 Å². The molecule has 0 saturated carbocycles. The maximum atomic E-state index is 11.0. The largest absolute Gasteiger partial charge is 0.511 e. The Bertz CT molecular complexity index is 274. The lowest BCUT2D eigenvalue weighted by Crippen LogP contribution is -2.08. The van der Waals surface area contributed by atoms with Crippen LogP contribution in [0.2, 0.25) is 0 Å². The SMILES string of the molecule is CS(=O)(=O)C1=C(O)CCCC1. The molecule has 3 nitrogen and oxygen atoms in total. The van der Waals surface area contributed by atoms with E-state index in [2.05, 4.69) is 0 Å². The van der Waals surface area contributed by atoms with Gasteiger partial charge in [0, 0.05) is 12.7 Å². The molecule has 0 unspecified atom stereocenters. The van der Waals surface area contributed by atoms with Crippen molar-refractivity contribution in [3.63, 3.8) is 0 Å². The van der Waals surface area contributed by atoms with Crippen LogP contribution in [0.15, 0.2) is 10.7 Å². The van der Waals surface area contributed by atoms with Gasteiger partial charge in [-0.05, 0) is 19.3 Å². The van der Waals surface area contributed by atoms with Gasteiger partial charge in [-0.1, -0.05) is 0 Å². The third kappa shape index (κ3) is 1.96. The predicted molar refractivity (Wildman–Crippen MR) is 43.0 cm³/mol. The van der Waals surface area contributed by atoms with Crippen molar-refractivity contribution in [2.75, 3.05) is 6.26 Å². The average molecular weight is 176 g/mol. The summed E-state index contributed by atoms with van der Waals surface area (Å²) >= 11 is 0. The summed E-state index contributed by atoms with van der Waals surface area (Å²) in [5, 5.41) is 9.21. The minimum Gasteiger partial charge on any atom is -0.511 e. The van der Waals surface area contributed by atoms with Crippen LogP contribution in [-0.2, 0) is 9.84 Å². The van der Waals surface area contributed by atoms with E-state index in [1.807, 2.05) is 0 Å². The van der Waals surface area contributed by atoms with Gasteiger partial charge in [0.05, 0.1) is 4.91 Å². The molecule has 1 aliphatic carbocycles. The second-order valence-corrected chi connectivity index (χ2v) is 4.89. The Morgan fingerprint density at radius 3 is 2.18 bits per heavy atom. The third-order valence-electron chi connectivity index (χ3n) is 1.84. The predicted octanol–water partition coefficient (Wildman–Crippen LogP) is 1.37. The summed E-state index contributed by atoms with van der Waals surface area (Å²) in [6.45, 7) is 0. The highest BCUT2D eigenvalue weighted by Gasteiger charge is 2.19. The Labute approximate surface area is 66.7 Å². The molecule has 4 heteroatoms. The first kappa shape index (κ1) is 8.59. The number of aliphatic hydroxyl groups is 1. The van der Waals surface area contributed by atoms with Gasteiger partial charge in [0.2, 0.25) is 0 Å².